The number of carbonyl (C=O) groups excluding carboxylic acids is 1. The summed E-state index contributed by atoms with van der Waals surface area (Å²) in [4.78, 5) is 19.2. The van der Waals surface area contributed by atoms with Gasteiger partial charge < -0.3 is 10.1 Å². The van der Waals surface area contributed by atoms with Crippen LogP contribution in [0.1, 0.15) is 44.0 Å². The molecule has 1 saturated heterocycles. The summed E-state index contributed by atoms with van der Waals surface area (Å²) >= 11 is 0. The Bertz CT molecular complexity index is 989. The zero-order valence-corrected chi connectivity index (χ0v) is 16.9. The average Bonchev–Trinajstić information content (AvgIpc) is 2.97. The van der Waals surface area contributed by atoms with Gasteiger partial charge in [-0.1, -0.05) is 60.7 Å². The standard InChI is InChI=1S/C24H25N3O2/c1-17(18-11-6-4-7-12-18)26-22-20(15-10-16-25-22)27-21(19-13-8-5-9-14-19)24(2,3)29-23(27)28/h4-17,21H,1-3H3,(H,25,26)/t17-,21-/m0/s1. The van der Waals surface area contributed by atoms with Crippen molar-refractivity contribution in [2.75, 3.05) is 10.2 Å². The maximum atomic E-state index is 12.9. The molecule has 148 valence electrons. The monoisotopic (exact) mass is 387 g/mol. The largest absolute Gasteiger partial charge is 0.441 e. The van der Waals surface area contributed by atoms with Gasteiger partial charge in [-0.15, -0.1) is 0 Å². The summed E-state index contributed by atoms with van der Waals surface area (Å²) in [7, 11) is 0. The molecule has 1 aromatic heterocycles. The maximum Gasteiger partial charge on any atom is 0.415 e. The minimum atomic E-state index is -0.670. The second-order valence-corrected chi connectivity index (χ2v) is 7.80. The van der Waals surface area contributed by atoms with Crippen LogP contribution in [-0.4, -0.2) is 16.7 Å². The van der Waals surface area contributed by atoms with Crippen molar-refractivity contribution in [2.45, 2.75) is 38.5 Å². The van der Waals surface area contributed by atoms with Crippen LogP contribution in [0.4, 0.5) is 16.3 Å². The van der Waals surface area contributed by atoms with E-state index in [1.165, 1.54) is 0 Å². The fourth-order valence-electron chi connectivity index (χ4n) is 3.90. The smallest absolute Gasteiger partial charge is 0.415 e. The van der Waals surface area contributed by atoms with E-state index in [4.69, 9.17) is 4.74 Å². The van der Waals surface area contributed by atoms with E-state index in [1.807, 2.05) is 74.5 Å². The second-order valence-electron chi connectivity index (χ2n) is 7.80. The average molecular weight is 387 g/mol. The number of anilines is 2. The molecule has 3 aromatic rings. The first-order chi connectivity index (χ1) is 14.0. The molecule has 0 bridgehead atoms. The fourth-order valence-corrected chi connectivity index (χ4v) is 3.90. The van der Waals surface area contributed by atoms with Gasteiger partial charge in [-0.25, -0.2) is 9.78 Å². The minimum Gasteiger partial charge on any atom is -0.441 e. The van der Waals surface area contributed by atoms with Crippen LogP contribution in [0, 0.1) is 0 Å². The van der Waals surface area contributed by atoms with Crippen molar-refractivity contribution in [3.05, 3.63) is 90.1 Å². The lowest BCUT2D eigenvalue weighted by Gasteiger charge is -2.30. The molecule has 1 aliphatic rings. The molecule has 5 heteroatoms. The van der Waals surface area contributed by atoms with Crippen LogP contribution in [0.25, 0.3) is 0 Å². The summed E-state index contributed by atoms with van der Waals surface area (Å²) in [5.74, 6) is 0.652. The lowest BCUT2D eigenvalue weighted by atomic mass is 9.91. The third-order valence-electron chi connectivity index (χ3n) is 5.28. The molecule has 1 fully saturated rings. The van der Waals surface area contributed by atoms with Crippen molar-refractivity contribution in [3.63, 3.8) is 0 Å². The number of nitrogens with one attached hydrogen (secondary N) is 1. The van der Waals surface area contributed by atoms with Crippen LogP contribution in [0.5, 0.6) is 0 Å². The summed E-state index contributed by atoms with van der Waals surface area (Å²) in [6.07, 6.45) is 1.36. The van der Waals surface area contributed by atoms with Crippen LogP contribution in [0.15, 0.2) is 79.0 Å². The Morgan fingerprint density at radius 1 is 1.00 bits per heavy atom. The highest BCUT2D eigenvalue weighted by molar-refractivity contribution is 5.94. The molecule has 0 aliphatic carbocycles. The van der Waals surface area contributed by atoms with Crippen molar-refractivity contribution in [1.82, 2.24) is 4.98 Å². The fraction of sp³-hybridized carbons (Fsp3) is 0.250. The highest BCUT2D eigenvalue weighted by Gasteiger charge is 2.50. The molecule has 4 rings (SSSR count). The zero-order chi connectivity index (χ0) is 20.4. The Morgan fingerprint density at radius 2 is 1.66 bits per heavy atom. The molecule has 0 saturated carbocycles. The molecule has 2 atom stereocenters. The molecular weight excluding hydrogens is 362 g/mol. The molecule has 29 heavy (non-hydrogen) atoms. The third-order valence-corrected chi connectivity index (χ3v) is 5.28. The van der Waals surface area contributed by atoms with Gasteiger partial charge in [-0.05, 0) is 44.0 Å². The molecule has 1 N–H and O–H groups in total. The molecule has 5 nitrogen and oxygen atoms in total. The maximum absolute atomic E-state index is 12.9. The molecule has 1 amide bonds. The first kappa shape index (κ1) is 19.0. The summed E-state index contributed by atoms with van der Waals surface area (Å²) in [5, 5.41) is 3.46. The van der Waals surface area contributed by atoms with Crippen molar-refractivity contribution in [3.8, 4) is 0 Å². The van der Waals surface area contributed by atoms with Crippen LogP contribution >= 0.6 is 0 Å². The summed E-state index contributed by atoms with van der Waals surface area (Å²) < 4.78 is 5.76. The number of hydrogen-bond donors (Lipinski definition) is 1. The molecule has 2 aromatic carbocycles. The highest BCUT2D eigenvalue weighted by atomic mass is 16.6. The summed E-state index contributed by atoms with van der Waals surface area (Å²) in [6.45, 7) is 5.96. The van der Waals surface area contributed by atoms with Gasteiger partial charge in [0.2, 0.25) is 0 Å². The Morgan fingerprint density at radius 3 is 2.34 bits per heavy atom. The SMILES string of the molecule is C[C@H](Nc1ncccc1N1C(=O)OC(C)(C)[C@@H]1c1ccccc1)c1ccccc1. The molecule has 2 heterocycles. The Balaban J connectivity index is 1.73. The van der Waals surface area contributed by atoms with E-state index in [-0.39, 0.29) is 18.2 Å². The normalized spacial score (nSPS) is 18.9. The number of hydrogen-bond acceptors (Lipinski definition) is 4. The molecule has 0 spiro atoms. The third kappa shape index (κ3) is 3.68. The number of benzene rings is 2. The van der Waals surface area contributed by atoms with Gasteiger partial charge in [-0.2, -0.15) is 0 Å². The Hall–Kier alpha value is -3.34. The van der Waals surface area contributed by atoms with Gasteiger partial charge in [-0.3, -0.25) is 4.90 Å². The minimum absolute atomic E-state index is 0.0339. The van der Waals surface area contributed by atoms with Gasteiger partial charge in [0, 0.05) is 6.20 Å². The van der Waals surface area contributed by atoms with E-state index < -0.39 is 5.60 Å². The Kier molecular flexibility index (Phi) is 4.97. The predicted molar refractivity (Wildman–Crippen MR) is 115 cm³/mol. The molecule has 1 aliphatic heterocycles. The number of carbonyl (C=O) groups is 1. The van der Waals surface area contributed by atoms with Gasteiger partial charge in [0.15, 0.2) is 5.82 Å². The van der Waals surface area contributed by atoms with Crippen LogP contribution in [0.2, 0.25) is 0 Å². The van der Waals surface area contributed by atoms with E-state index in [1.54, 1.807) is 11.1 Å². The van der Waals surface area contributed by atoms with Gasteiger partial charge in [0.25, 0.3) is 0 Å². The van der Waals surface area contributed by atoms with Crippen LogP contribution in [0.3, 0.4) is 0 Å². The second kappa shape index (κ2) is 7.59. The summed E-state index contributed by atoms with van der Waals surface area (Å²) in [6, 6.07) is 23.7. The van der Waals surface area contributed by atoms with Gasteiger partial charge in [0.1, 0.15) is 11.6 Å². The van der Waals surface area contributed by atoms with E-state index in [9.17, 15) is 4.79 Å². The lowest BCUT2D eigenvalue weighted by Crippen LogP contribution is -2.34. The van der Waals surface area contributed by atoms with Gasteiger partial charge in [0.05, 0.1) is 11.7 Å². The zero-order valence-electron chi connectivity index (χ0n) is 16.9. The molecular formula is C24H25N3O2. The number of pyridine rings is 1. The van der Waals surface area contributed by atoms with Gasteiger partial charge >= 0.3 is 6.09 Å². The van der Waals surface area contributed by atoms with Crippen molar-refractivity contribution < 1.29 is 9.53 Å². The number of cyclic esters (lactones) is 1. The van der Waals surface area contributed by atoms with E-state index >= 15 is 0 Å². The van der Waals surface area contributed by atoms with E-state index in [2.05, 4.69) is 29.4 Å². The van der Waals surface area contributed by atoms with Crippen molar-refractivity contribution in [2.24, 2.45) is 0 Å². The van der Waals surface area contributed by atoms with Crippen LogP contribution in [-0.2, 0) is 4.74 Å². The summed E-state index contributed by atoms with van der Waals surface area (Å²) in [5.41, 5.74) is 2.21. The number of nitrogens with zero attached hydrogens (tertiary/aromatic N) is 2. The lowest BCUT2D eigenvalue weighted by molar-refractivity contribution is 0.0685. The number of ether oxygens (including phenoxy) is 1. The van der Waals surface area contributed by atoms with Crippen molar-refractivity contribution >= 4 is 17.6 Å². The highest BCUT2D eigenvalue weighted by Crippen LogP contribution is 2.45. The number of aromatic nitrogens is 1. The number of rotatable bonds is 5. The first-order valence-electron chi connectivity index (χ1n) is 9.81. The van der Waals surface area contributed by atoms with Crippen molar-refractivity contribution in [1.29, 1.82) is 0 Å². The quantitative estimate of drug-likeness (QED) is 0.607. The van der Waals surface area contributed by atoms with E-state index in [0.29, 0.717) is 11.5 Å². The predicted octanol–water partition coefficient (Wildman–Crippen LogP) is 5.73. The first-order valence-corrected chi connectivity index (χ1v) is 9.81. The Labute approximate surface area is 171 Å². The van der Waals surface area contributed by atoms with E-state index in [0.717, 1.165) is 11.1 Å². The molecule has 0 unspecified atom stereocenters. The topological polar surface area (TPSA) is 54.5 Å². The number of amides is 1. The molecule has 0 radical (unpaired) electrons. The van der Waals surface area contributed by atoms with Crippen LogP contribution < -0.4 is 10.2 Å².